The first-order chi connectivity index (χ1) is 15.0. The van der Waals surface area contributed by atoms with Crippen molar-refractivity contribution in [2.75, 3.05) is 0 Å². The molecule has 5 rings (SSSR count). The molecule has 2 aromatic carbocycles. The van der Waals surface area contributed by atoms with Crippen LogP contribution < -0.4 is 11.2 Å². The number of benzene rings is 2. The molecule has 7 nitrogen and oxygen atoms in total. The van der Waals surface area contributed by atoms with E-state index in [2.05, 4.69) is 9.97 Å². The molecule has 0 saturated carbocycles. The zero-order valence-electron chi connectivity index (χ0n) is 16.5. The lowest BCUT2D eigenvalue weighted by Crippen LogP contribution is -2.31. The fourth-order valence-electron chi connectivity index (χ4n) is 3.64. The van der Waals surface area contributed by atoms with Crippen molar-refractivity contribution in [3.8, 4) is 22.9 Å². The molecule has 0 fully saturated rings. The highest BCUT2D eigenvalue weighted by Gasteiger charge is 2.20. The van der Waals surface area contributed by atoms with E-state index in [0.29, 0.717) is 33.5 Å². The fourth-order valence-corrected chi connectivity index (χ4v) is 3.87. The largest absolute Gasteiger partial charge is 0.453 e. The summed E-state index contributed by atoms with van der Waals surface area (Å²) < 4.78 is 9.09. The van der Waals surface area contributed by atoms with Crippen molar-refractivity contribution in [2.45, 2.75) is 6.54 Å². The zero-order valence-corrected chi connectivity index (χ0v) is 17.3. The van der Waals surface area contributed by atoms with Crippen LogP contribution in [0.1, 0.15) is 5.56 Å². The average Bonchev–Trinajstić information content (AvgIpc) is 3.37. The lowest BCUT2D eigenvalue weighted by atomic mass is 10.2. The second-order valence-corrected chi connectivity index (χ2v) is 7.55. The maximum absolute atomic E-state index is 12.6. The van der Waals surface area contributed by atoms with Crippen LogP contribution in [0.3, 0.4) is 0 Å². The van der Waals surface area contributed by atoms with Gasteiger partial charge in [-0.2, -0.15) is 0 Å². The predicted octanol–water partition coefficient (Wildman–Crippen LogP) is 4.05. The first-order valence-electron chi connectivity index (χ1n) is 9.61. The first kappa shape index (κ1) is 19.1. The summed E-state index contributed by atoms with van der Waals surface area (Å²) >= 11 is 6.28. The van der Waals surface area contributed by atoms with Gasteiger partial charge >= 0.3 is 5.69 Å². The minimum absolute atomic E-state index is 0.284. The van der Waals surface area contributed by atoms with E-state index in [-0.39, 0.29) is 6.54 Å². The number of imidazole rings is 1. The first-order valence-corrected chi connectivity index (χ1v) is 9.99. The summed E-state index contributed by atoms with van der Waals surface area (Å²) in [5.41, 5.74) is 1.26. The minimum atomic E-state index is -0.512. The molecule has 0 amide bonds. The molecular weight excluding hydrogens is 416 g/mol. The third-order valence-corrected chi connectivity index (χ3v) is 5.49. The van der Waals surface area contributed by atoms with Crippen molar-refractivity contribution in [1.82, 2.24) is 19.1 Å². The Morgan fingerprint density at radius 1 is 0.968 bits per heavy atom. The van der Waals surface area contributed by atoms with Crippen LogP contribution in [0.5, 0.6) is 0 Å². The number of hydrogen-bond acceptors (Lipinski definition) is 4. The van der Waals surface area contributed by atoms with E-state index in [1.54, 1.807) is 29.8 Å². The topological polar surface area (TPSA) is 85.8 Å². The number of fused-ring (bicyclic) bond motifs is 1. The molecule has 0 aliphatic heterocycles. The summed E-state index contributed by atoms with van der Waals surface area (Å²) in [6.07, 6.45) is 0. The molecule has 0 unspecified atom stereocenters. The highest BCUT2D eigenvalue weighted by Crippen LogP contribution is 2.32. The molecule has 8 heteroatoms. The molecule has 3 aromatic heterocycles. The van der Waals surface area contributed by atoms with Gasteiger partial charge in [0.25, 0.3) is 5.56 Å². The van der Waals surface area contributed by atoms with Crippen molar-refractivity contribution >= 4 is 22.8 Å². The summed E-state index contributed by atoms with van der Waals surface area (Å²) in [4.78, 5) is 32.1. The number of furan rings is 1. The van der Waals surface area contributed by atoms with Gasteiger partial charge in [-0.3, -0.25) is 14.3 Å². The normalized spacial score (nSPS) is 11.3. The van der Waals surface area contributed by atoms with Crippen molar-refractivity contribution < 1.29 is 4.42 Å². The Hall–Kier alpha value is -3.84. The van der Waals surface area contributed by atoms with Gasteiger partial charge in [-0.05, 0) is 29.8 Å². The second kappa shape index (κ2) is 7.45. The number of aromatic nitrogens is 4. The third-order valence-electron chi connectivity index (χ3n) is 5.16. The third kappa shape index (κ3) is 3.29. The maximum Gasteiger partial charge on any atom is 0.330 e. The molecule has 5 aromatic rings. The van der Waals surface area contributed by atoms with E-state index in [1.807, 2.05) is 48.5 Å². The standard InChI is InChI=1S/C23H17ClN4O3/c1-27-19-21(28(23(30)26-22(19)29)13-14-7-3-2-4-8-14)25-20(27)18-12-11-17(31-18)15-9-5-6-10-16(15)24/h2-12H,13H2,1H3,(H,26,29,30). The van der Waals surface area contributed by atoms with Gasteiger partial charge in [-0.15, -0.1) is 0 Å². The van der Waals surface area contributed by atoms with Crippen LogP contribution in [0, 0.1) is 0 Å². The quantitative estimate of drug-likeness (QED) is 0.464. The summed E-state index contributed by atoms with van der Waals surface area (Å²) in [5.74, 6) is 1.49. The van der Waals surface area contributed by atoms with Gasteiger partial charge in [0.05, 0.1) is 11.6 Å². The van der Waals surface area contributed by atoms with Crippen LogP contribution in [0.2, 0.25) is 5.02 Å². The van der Waals surface area contributed by atoms with Crippen molar-refractivity contribution in [3.63, 3.8) is 0 Å². The van der Waals surface area contributed by atoms with E-state index in [0.717, 1.165) is 11.1 Å². The monoisotopic (exact) mass is 432 g/mol. The average molecular weight is 433 g/mol. The molecule has 154 valence electrons. The Kier molecular flexibility index (Phi) is 4.60. The van der Waals surface area contributed by atoms with Crippen molar-refractivity contribution in [2.24, 2.45) is 7.05 Å². The molecule has 0 spiro atoms. The van der Waals surface area contributed by atoms with Crippen molar-refractivity contribution in [3.05, 3.63) is 98.2 Å². The lowest BCUT2D eigenvalue weighted by Gasteiger charge is -2.06. The van der Waals surface area contributed by atoms with Gasteiger partial charge in [0.1, 0.15) is 5.76 Å². The summed E-state index contributed by atoms with van der Waals surface area (Å²) in [5, 5.41) is 0.571. The fraction of sp³-hybridized carbons (Fsp3) is 0.0870. The number of aryl methyl sites for hydroxylation is 1. The molecule has 1 N–H and O–H groups in total. The smallest absolute Gasteiger partial charge is 0.330 e. The van der Waals surface area contributed by atoms with Gasteiger partial charge < -0.3 is 8.98 Å². The molecule has 0 bridgehead atoms. The molecule has 0 atom stereocenters. The molecule has 0 radical (unpaired) electrons. The Morgan fingerprint density at radius 2 is 1.68 bits per heavy atom. The number of H-pyrrole nitrogens is 1. The number of rotatable bonds is 4. The number of halogens is 1. The Morgan fingerprint density at radius 3 is 2.45 bits per heavy atom. The van der Waals surface area contributed by atoms with Gasteiger partial charge in [0.2, 0.25) is 0 Å². The summed E-state index contributed by atoms with van der Waals surface area (Å²) in [7, 11) is 1.72. The number of aromatic amines is 1. The van der Waals surface area contributed by atoms with Crippen LogP contribution in [0.25, 0.3) is 34.1 Å². The summed E-state index contributed by atoms with van der Waals surface area (Å²) in [6.45, 7) is 0.284. The minimum Gasteiger partial charge on any atom is -0.453 e. The highest BCUT2D eigenvalue weighted by molar-refractivity contribution is 6.33. The van der Waals surface area contributed by atoms with Crippen LogP contribution in [-0.4, -0.2) is 19.1 Å². The molecular formula is C23H17ClN4O3. The van der Waals surface area contributed by atoms with Crippen molar-refractivity contribution in [1.29, 1.82) is 0 Å². The predicted molar refractivity (Wildman–Crippen MR) is 119 cm³/mol. The Bertz CT molecular complexity index is 1530. The SMILES string of the molecule is Cn1c(-c2ccc(-c3ccccc3Cl)o2)nc2c1c(=O)[nH]c(=O)n2Cc1ccccc1. The van der Waals surface area contributed by atoms with E-state index < -0.39 is 11.2 Å². The lowest BCUT2D eigenvalue weighted by molar-refractivity contribution is 0.589. The molecule has 0 saturated heterocycles. The number of nitrogens with zero attached hydrogens (tertiary/aromatic N) is 3. The van der Waals surface area contributed by atoms with Gasteiger partial charge in [0.15, 0.2) is 22.7 Å². The molecule has 0 aliphatic carbocycles. The van der Waals surface area contributed by atoms with Gasteiger partial charge in [-0.25, -0.2) is 9.78 Å². The van der Waals surface area contributed by atoms with E-state index in [4.69, 9.17) is 16.0 Å². The maximum atomic E-state index is 12.6. The number of nitrogens with one attached hydrogen (secondary N) is 1. The van der Waals surface area contributed by atoms with E-state index in [9.17, 15) is 9.59 Å². The Labute approximate surface area is 181 Å². The molecule has 0 aliphatic rings. The second-order valence-electron chi connectivity index (χ2n) is 7.14. The van der Waals surface area contributed by atoms with Crippen LogP contribution in [0.4, 0.5) is 0 Å². The number of hydrogen-bond donors (Lipinski definition) is 1. The van der Waals surface area contributed by atoms with Crippen LogP contribution >= 0.6 is 11.6 Å². The van der Waals surface area contributed by atoms with Crippen LogP contribution in [-0.2, 0) is 13.6 Å². The highest BCUT2D eigenvalue weighted by atomic mass is 35.5. The van der Waals surface area contributed by atoms with Crippen LogP contribution in [0.15, 0.2) is 80.7 Å². The van der Waals surface area contributed by atoms with E-state index in [1.165, 1.54) is 4.57 Å². The Balaban J connectivity index is 1.66. The zero-order chi connectivity index (χ0) is 21.5. The van der Waals surface area contributed by atoms with E-state index >= 15 is 0 Å². The van der Waals surface area contributed by atoms with Gasteiger partial charge in [0, 0.05) is 12.6 Å². The molecule has 3 heterocycles. The summed E-state index contributed by atoms with van der Waals surface area (Å²) in [6, 6.07) is 20.5. The van der Waals surface area contributed by atoms with Gasteiger partial charge in [-0.1, -0.05) is 54.1 Å². The molecule has 31 heavy (non-hydrogen) atoms.